The van der Waals surface area contributed by atoms with Crippen LogP contribution in [0.3, 0.4) is 0 Å². The third-order valence-electron chi connectivity index (χ3n) is 4.51. The van der Waals surface area contributed by atoms with Gasteiger partial charge in [0.25, 0.3) is 0 Å². The van der Waals surface area contributed by atoms with E-state index in [9.17, 15) is 18.3 Å². The van der Waals surface area contributed by atoms with Gasteiger partial charge in [0.2, 0.25) is 0 Å². The van der Waals surface area contributed by atoms with E-state index in [1.165, 1.54) is 24.3 Å². The quantitative estimate of drug-likeness (QED) is 0.880. The summed E-state index contributed by atoms with van der Waals surface area (Å²) in [6.45, 7) is 2.03. The van der Waals surface area contributed by atoms with E-state index >= 15 is 0 Å². The van der Waals surface area contributed by atoms with Crippen LogP contribution in [0.4, 0.5) is 0 Å². The summed E-state index contributed by atoms with van der Waals surface area (Å²) in [5.41, 5.74) is 1.88. The van der Waals surface area contributed by atoms with Crippen LogP contribution in [-0.4, -0.2) is 24.7 Å². The fraction of sp³-hybridized carbons (Fsp3) is 0.278. The Morgan fingerprint density at radius 2 is 1.67 bits per heavy atom. The van der Waals surface area contributed by atoms with Crippen LogP contribution in [-0.2, 0) is 21.1 Å². The molecule has 0 aliphatic heterocycles. The number of aliphatic carboxylic acids is 1. The van der Waals surface area contributed by atoms with Gasteiger partial charge in [0.05, 0.1) is 16.1 Å². The van der Waals surface area contributed by atoms with Crippen LogP contribution >= 0.6 is 11.6 Å². The van der Waals surface area contributed by atoms with Crippen LogP contribution in [0.2, 0.25) is 5.02 Å². The Hall–Kier alpha value is -1.85. The highest BCUT2D eigenvalue weighted by atomic mass is 35.5. The maximum atomic E-state index is 12.8. The Morgan fingerprint density at radius 3 is 2.17 bits per heavy atom. The molecule has 24 heavy (non-hydrogen) atoms. The average Bonchev–Trinajstić information content (AvgIpc) is 3.32. The summed E-state index contributed by atoms with van der Waals surface area (Å²) in [4.78, 5) is 11.6. The Kier molecular flexibility index (Phi) is 4.40. The molecule has 0 spiro atoms. The molecule has 0 amide bonds. The number of rotatable bonds is 5. The fourth-order valence-corrected chi connectivity index (χ4v) is 5.37. The van der Waals surface area contributed by atoms with Crippen molar-refractivity contribution in [2.45, 2.75) is 29.4 Å². The maximum absolute atomic E-state index is 12.8. The molecule has 0 radical (unpaired) electrons. The van der Waals surface area contributed by atoms with Crippen molar-refractivity contribution in [3.8, 4) is 0 Å². The summed E-state index contributed by atoms with van der Waals surface area (Å²) in [6, 6.07) is 13.3. The number of halogens is 1. The Balaban J connectivity index is 1.96. The molecule has 0 bridgehead atoms. The number of carbonyl (C=O) groups is 1. The number of carboxylic acid groups (broad SMARTS) is 1. The zero-order valence-corrected chi connectivity index (χ0v) is 14.6. The lowest BCUT2D eigenvalue weighted by Crippen LogP contribution is -2.13. The maximum Gasteiger partial charge on any atom is 0.308 e. The van der Waals surface area contributed by atoms with Gasteiger partial charge in [0.1, 0.15) is 0 Å². The number of carboxylic acids is 1. The first kappa shape index (κ1) is 17.0. The van der Waals surface area contributed by atoms with Crippen LogP contribution < -0.4 is 0 Å². The molecule has 3 rings (SSSR count). The van der Waals surface area contributed by atoms with E-state index in [2.05, 4.69) is 0 Å². The largest absolute Gasteiger partial charge is 0.481 e. The van der Waals surface area contributed by atoms with E-state index < -0.39 is 32.9 Å². The van der Waals surface area contributed by atoms with Crippen LogP contribution in [0.15, 0.2) is 53.4 Å². The lowest BCUT2D eigenvalue weighted by atomic mass is 10.1. The van der Waals surface area contributed by atoms with E-state index in [1.54, 1.807) is 0 Å². The molecular weight excluding hydrogens is 348 g/mol. The van der Waals surface area contributed by atoms with Gasteiger partial charge < -0.3 is 5.11 Å². The summed E-state index contributed by atoms with van der Waals surface area (Å²) in [7, 11) is -3.73. The molecule has 0 heterocycles. The first-order valence-electron chi connectivity index (χ1n) is 7.67. The molecule has 2 aromatic carbocycles. The summed E-state index contributed by atoms with van der Waals surface area (Å²) in [6.07, 6.45) is 0.875. The van der Waals surface area contributed by atoms with Crippen molar-refractivity contribution in [2.75, 3.05) is 0 Å². The predicted molar refractivity (Wildman–Crippen MR) is 92.1 cm³/mol. The molecule has 1 aliphatic rings. The second-order valence-electron chi connectivity index (χ2n) is 5.95. The number of benzene rings is 2. The van der Waals surface area contributed by atoms with Gasteiger partial charge >= 0.3 is 5.97 Å². The smallest absolute Gasteiger partial charge is 0.308 e. The topological polar surface area (TPSA) is 71.4 Å². The average molecular weight is 365 g/mol. The van der Waals surface area contributed by atoms with Crippen LogP contribution in [0.25, 0.3) is 0 Å². The zero-order chi connectivity index (χ0) is 17.5. The molecule has 1 saturated carbocycles. The normalized spacial score (nSPS) is 23.0. The van der Waals surface area contributed by atoms with Gasteiger partial charge in [-0.15, -0.1) is 0 Å². The molecule has 0 aromatic heterocycles. The number of aryl methyl sites for hydroxylation is 1. The minimum Gasteiger partial charge on any atom is -0.481 e. The molecule has 3 atom stereocenters. The SMILES string of the molecule is CCc1ccc([C@H]2[C@H](C(=O)O)[C@@H]2S(=O)(=O)c2ccc(Cl)cc2)cc1. The second-order valence-corrected chi connectivity index (χ2v) is 8.49. The Labute approximate surface area is 146 Å². The van der Waals surface area contributed by atoms with Gasteiger partial charge in [-0.05, 0) is 41.8 Å². The molecule has 1 aliphatic carbocycles. The lowest BCUT2D eigenvalue weighted by Gasteiger charge is -2.05. The lowest BCUT2D eigenvalue weighted by molar-refractivity contribution is -0.138. The summed E-state index contributed by atoms with van der Waals surface area (Å²) < 4.78 is 25.6. The van der Waals surface area contributed by atoms with E-state index in [-0.39, 0.29) is 4.90 Å². The van der Waals surface area contributed by atoms with Crippen molar-refractivity contribution in [3.63, 3.8) is 0 Å². The number of hydrogen-bond acceptors (Lipinski definition) is 3. The van der Waals surface area contributed by atoms with Crippen LogP contribution in [0.1, 0.15) is 24.0 Å². The minimum atomic E-state index is -3.73. The third kappa shape index (κ3) is 2.94. The molecule has 126 valence electrons. The molecule has 1 fully saturated rings. The van der Waals surface area contributed by atoms with Crippen molar-refractivity contribution in [1.82, 2.24) is 0 Å². The van der Waals surface area contributed by atoms with Crippen molar-refractivity contribution in [3.05, 3.63) is 64.7 Å². The van der Waals surface area contributed by atoms with Crippen molar-refractivity contribution >= 4 is 27.4 Å². The van der Waals surface area contributed by atoms with Gasteiger partial charge in [-0.2, -0.15) is 0 Å². The highest BCUT2D eigenvalue weighted by molar-refractivity contribution is 7.92. The molecule has 0 unspecified atom stereocenters. The summed E-state index contributed by atoms with van der Waals surface area (Å²) >= 11 is 5.80. The predicted octanol–water partition coefficient (Wildman–Crippen LogP) is 3.54. The number of sulfone groups is 1. The highest BCUT2D eigenvalue weighted by Gasteiger charge is 2.63. The first-order chi connectivity index (χ1) is 11.4. The third-order valence-corrected chi connectivity index (χ3v) is 7.00. The van der Waals surface area contributed by atoms with Crippen LogP contribution in [0, 0.1) is 5.92 Å². The van der Waals surface area contributed by atoms with Gasteiger partial charge in [-0.25, -0.2) is 8.42 Å². The monoisotopic (exact) mass is 364 g/mol. The van der Waals surface area contributed by atoms with E-state index in [4.69, 9.17) is 11.6 Å². The Bertz CT molecular complexity index is 857. The second kappa shape index (κ2) is 6.22. The Morgan fingerprint density at radius 1 is 1.08 bits per heavy atom. The number of hydrogen-bond donors (Lipinski definition) is 1. The van der Waals surface area contributed by atoms with E-state index in [1.807, 2.05) is 31.2 Å². The molecule has 1 N–H and O–H groups in total. The molecule has 0 saturated heterocycles. The van der Waals surface area contributed by atoms with Gasteiger partial charge in [0, 0.05) is 10.9 Å². The standard InChI is InChI=1S/C18H17ClO4S/c1-2-11-3-5-12(6-4-11)15-16(18(20)21)17(15)24(22,23)14-9-7-13(19)8-10-14/h3-10,15-17H,2H2,1H3,(H,20,21)/t15-,16-,17+/m0/s1. The van der Waals surface area contributed by atoms with Crippen molar-refractivity contribution < 1.29 is 18.3 Å². The molecule has 6 heteroatoms. The van der Waals surface area contributed by atoms with Crippen molar-refractivity contribution in [1.29, 1.82) is 0 Å². The van der Waals surface area contributed by atoms with Gasteiger partial charge in [-0.1, -0.05) is 42.8 Å². The first-order valence-corrected chi connectivity index (χ1v) is 9.59. The molecule has 2 aromatic rings. The van der Waals surface area contributed by atoms with E-state index in [0.29, 0.717) is 5.02 Å². The van der Waals surface area contributed by atoms with Crippen molar-refractivity contribution in [2.24, 2.45) is 5.92 Å². The van der Waals surface area contributed by atoms with E-state index in [0.717, 1.165) is 17.5 Å². The summed E-state index contributed by atoms with van der Waals surface area (Å²) in [5.74, 6) is -2.52. The fourth-order valence-electron chi connectivity index (χ4n) is 3.12. The molecule has 4 nitrogen and oxygen atoms in total. The van der Waals surface area contributed by atoms with Gasteiger partial charge in [-0.3, -0.25) is 4.79 Å². The van der Waals surface area contributed by atoms with Crippen LogP contribution in [0.5, 0.6) is 0 Å². The minimum absolute atomic E-state index is 0.107. The highest BCUT2D eigenvalue weighted by Crippen LogP contribution is 2.54. The summed E-state index contributed by atoms with van der Waals surface area (Å²) in [5, 5.41) is 8.92. The molecular formula is C18H17ClO4S. The zero-order valence-electron chi connectivity index (χ0n) is 13.0. The van der Waals surface area contributed by atoms with Gasteiger partial charge in [0.15, 0.2) is 9.84 Å².